The van der Waals surface area contributed by atoms with Crippen molar-refractivity contribution in [3.8, 4) is 0 Å². The van der Waals surface area contributed by atoms with Gasteiger partial charge in [-0.15, -0.1) is 0 Å². The van der Waals surface area contributed by atoms with E-state index in [4.69, 9.17) is 0 Å². The van der Waals surface area contributed by atoms with Crippen LogP contribution in [0.15, 0.2) is 58.7 Å². The SMILES string of the molecule is Cc1cc(Nc2nc(Sc3ccc(NC(=O)CNC4CC4)cc3)nc3cccn23)n[nH]1. The van der Waals surface area contributed by atoms with E-state index in [1.165, 1.54) is 11.8 Å². The highest BCUT2D eigenvalue weighted by molar-refractivity contribution is 7.99. The van der Waals surface area contributed by atoms with Crippen LogP contribution in [0.3, 0.4) is 0 Å². The molecule has 9 nitrogen and oxygen atoms in total. The lowest BCUT2D eigenvalue weighted by atomic mass is 10.3. The number of carbonyl (C=O) groups excluding carboxylic acids is 1. The van der Waals surface area contributed by atoms with E-state index in [0.29, 0.717) is 29.5 Å². The molecule has 1 aromatic carbocycles. The molecule has 1 fully saturated rings. The summed E-state index contributed by atoms with van der Waals surface area (Å²) in [7, 11) is 0. The highest BCUT2D eigenvalue weighted by Crippen LogP contribution is 2.28. The van der Waals surface area contributed by atoms with E-state index in [9.17, 15) is 4.79 Å². The topological polar surface area (TPSA) is 112 Å². The lowest BCUT2D eigenvalue weighted by Crippen LogP contribution is -2.29. The second kappa shape index (κ2) is 8.40. The van der Waals surface area contributed by atoms with Gasteiger partial charge in [-0.05, 0) is 67.9 Å². The van der Waals surface area contributed by atoms with Crippen molar-refractivity contribution in [1.29, 1.82) is 0 Å². The van der Waals surface area contributed by atoms with Crippen LogP contribution in [0.1, 0.15) is 18.5 Å². The van der Waals surface area contributed by atoms with Crippen molar-refractivity contribution >= 4 is 40.8 Å². The van der Waals surface area contributed by atoms with Crippen molar-refractivity contribution in [3.63, 3.8) is 0 Å². The van der Waals surface area contributed by atoms with Crippen LogP contribution in [0.25, 0.3) is 5.65 Å². The first-order chi connectivity index (χ1) is 15.1. The van der Waals surface area contributed by atoms with E-state index < -0.39 is 0 Å². The Morgan fingerprint density at radius 1 is 1.23 bits per heavy atom. The molecule has 158 valence electrons. The first-order valence-corrected chi connectivity index (χ1v) is 10.9. The van der Waals surface area contributed by atoms with Crippen LogP contribution in [0, 0.1) is 6.92 Å². The van der Waals surface area contributed by atoms with E-state index in [1.54, 1.807) is 0 Å². The van der Waals surface area contributed by atoms with E-state index in [2.05, 4.69) is 36.1 Å². The summed E-state index contributed by atoms with van der Waals surface area (Å²) in [5, 5.41) is 17.1. The molecule has 3 heterocycles. The van der Waals surface area contributed by atoms with Gasteiger partial charge in [0, 0.05) is 34.6 Å². The molecule has 1 saturated carbocycles. The molecule has 31 heavy (non-hydrogen) atoms. The minimum Gasteiger partial charge on any atom is -0.325 e. The number of nitrogens with one attached hydrogen (secondary N) is 4. The number of aromatic nitrogens is 5. The Hall–Kier alpha value is -3.37. The number of anilines is 3. The number of hydrogen-bond acceptors (Lipinski definition) is 7. The summed E-state index contributed by atoms with van der Waals surface area (Å²) in [5.41, 5.74) is 2.52. The average Bonchev–Trinajstić information content (AvgIpc) is 3.31. The number of amides is 1. The maximum atomic E-state index is 12.0. The van der Waals surface area contributed by atoms with Gasteiger partial charge in [0.1, 0.15) is 5.65 Å². The Kier molecular flexibility index (Phi) is 5.31. The van der Waals surface area contributed by atoms with E-state index >= 15 is 0 Å². The van der Waals surface area contributed by atoms with Crippen LogP contribution in [0.5, 0.6) is 0 Å². The maximum absolute atomic E-state index is 12.0. The fraction of sp³-hybridized carbons (Fsp3) is 0.238. The molecular weight excluding hydrogens is 412 g/mol. The summed E-state index contributed by atoms with van der Waals surface area (Å²) in [6.07, 6.45) is 4.23. The highest BCUT2D eigenvalue weighted by atomic mass is 32.2. The smallest absolute Gasteiger partial charge is 0.238 e. The maximum Gasteiger partial charge on any atom is 0.238 e. The van der Waals surface area contributed by atoms with Crippen molar-refractivity contribution in [3.05, 3.63) is 54.4 Å². The minimum absolute atomic E-state index is 0.0290. The Bertz CT molecular complexity index is 1210. The third kappa shape index (κ3) is 4.86. The number of H-pyrrole nitrogens is 1. The standard InChI is InChI=1S/C21H22N8OS/c1-13-11-17(28-27-13)24-20-26-21(25-18-3-2-10-29(18)20)31-16-8-6-15(7-9-16)23-19(30)12-22-14-4-5-14/h2-3,6-11,14,22H,4-5,12H2,1H3,(H,23,30)(H2,24,25,26,27,28). The number of fused-ring (bicyclic) bond motifs is 1. The van der Waals surface area contributed by atoms with Gasteiger partial charge < -0.3 is 16.0 Å². The zero-order valence-corrected chi connectivity index (χ0v) is 17.7. The van der Waals surface area contributed by atoms with Crippen molar-refractivity contribution in [2.45, 2.75) is 35.9 Å². The predicted molar refractivity (Wildman–Crippen MR) is 120 cm³/mol. The molecule has 1 aliphatic carbocycles. The molecule has 1 amide bonds. The Labute approximate surface area is 183 Å². The fourth-order valence-corrected chi connectivity index (χ4v) is 3.84. The van der Waals surface area contributed by atoms with Gasteiger partial charge in [-0.3, -0.25) is 14.3 Å². The average molecular weight is 435 g/mol. The van der Waals surface area contributed by atoms with E-state index in [1.807, 2.05) is 60.0 Å². The number of benzene rings is 1. The van der Waals surface area contributed by atoms with Gasteiger partial charge in [0.25, 0.3) is 0 Å². The number of hydrogen-bond donors (Lipinski definition) is 4. The number of aromatic amines is 1. The second-order valence-electron chi connectivity index (χ2n) is 7.46. The molecule has 0 bridgehead atoms. The van der Waals surface area contributed by atoms with Crippen LogP contribution in [0.4, 0.5) is 17.5 Å². The van der Waals surface area contributed by atoms with Gasteiger partial charge in [0.2, 0.25) is 11.9 Å². The molecule has 5 rings (SSSR count). The normalized spacial score (nSPS) is 13.5. The molecular formula is C21H22N8OS. The van der Waals surface area contributed by atoms with Gasteiger partial charge >= 0.3 is 0 Å². The van der Waals surface area contributed by atoms with E-state index in [0.717, 1.165) is 34.8 Å². The predicted octanol–water partition coefficient (Wildman–Crippen LogP) is 3.35. The molecule has 4 aromatic rings. The Balaban J connectivity index is 1.28. The summed E-state index contributed by atoms with van der Waals surface area (Å²) < 4.78 is 1.88. The first-order valence-electron chi connectivity index (χ1n) is 10.1. The van der Waals surface area contributed by atoms with E-state index in [-0.39, 0.29) is 5.91 Å². The van der Waals surface area contributed by atoms with Gasteiger partial charge in [-0.2, -0.15) is 10.1 Å². The zero-order chi connectivity index (χ0) is 21.2. The molecule has 4 N–H and O–H groups in total. The highest BCUT2D eigenvalue weighted by Gasteiger charge is 2.21. The largest absolute Gasteiger partial charge is 0.325 e. The molecule has 0 aliphatic heterocycles. The summed E-state index contributed by atoms with van der Waals surface area (Å²) in [6, 6.07) is 14.0. The molecule has 0 saturated heterocycles. The van der Waals surface area contributed by atoms with Crippen molar-refractivity contribution in [2.75, 3.05) is 17.2 Å². The summed E-state index contributed by atoms with van der Waals surface area (Å²) >= 11 is 1.46. The first kappa shape index (κ1) is 19.6. The summed E-state index contributed by atoms with van der Waals surface area (Å²) in [5.74, 6) is 1.30. The third-order valence-corrected chi connectivity index (χ3v) is 5.66. The Morgan fingerprint density at radius 2 is 2.06 bits per heavy atom. The third-order valence-electron chi connectivity index (χ3n) is 4.79. The van der Waals surface area contributed by atoms with Gasteiger partial charge in [-0.1, -0.05) is 0 Å². The van der Waals surface area contributed by atoms with Gasteiger partial charge in [0.15, 0.2) is 11.0 Å². The van der Waals surface area contributed by atoms with Crippen molar-refractivity contribution in [2.24, 2.45) is 0 Å². The molecule has 0 radical (unpaired) electrons. The van der Waals surface area contributed by atoms with Crippen LogP contribution in [0.2, 0.25) is 0 Å². The minimum atomic E-state index is -0.0290. The summed E-state index contributed by atoms with van der Waals surface area (Å²) in [4.78, 5) is 22.3. The molecule has 10 heteroatoms. The quantitative estimate of drug-likeness (QED) is 0.336. The number of aryl methyl sites for hydroxylation is 1. The lowest BCUT2D eigenvalue weighted by Gasteiger charge is -2.09. The molecule has 3 aromatic heterocycles. The number of rotatable bonds is 8. The van der Waals surface area contributed by atoms with Crippen LogP contribution < -0.4 is 16.0 Å². The van der Waals surface area contributed by atoms with Gasteiger partial charge in [-0.25, -0.2) is 4.98 Å². The lowest BCUT2D eigenvalue weighted by molar-refractivity contribution is -0.115. The monoisotopic (exact) mass is 434 g/mol. The van der Waals surface area contributed by atoms with Crippen LogP contribution in [-0.2, 0) is 4.79 Å². The zero-order valence-electron chi connectivity index (χ0n) is 16.9. The van der Waals surface area contributed by atoms with Crippen molar-refractivity contribution in [1.82, 2.24) is 29.9 Å². The van der Waals surface area contributed by atoms with Gasteiger partial charge in [0.05, 0.1) is 6.54 Å². The molecule has 0 spiro atoms. The van der Waals surface area contributed by atoms with Crippen LogP contribution >= 0.6 is 11.8 Å². The molecule has 1 aliphatic rings. The van der Waals surface area contributed by atoms with Crippen LogP contribution in [-0.4, -0.2) is 43.1 Å². The number of carbonyl (C=O) groups is 1. The summed E-state index contributed by atoms with van der Waals surface area (Å²) in [6.45, 7) is 2.29. The molecule has 0 atom stereocenters. The number of nitrogens with zero attached hydrogens (tertiary/aromatic N) is 4. The van der Waals surface area contributed by atoms with Crippen molar-refractivity contribution < 1.29 is 4.79 Å². The molecule has 0 unspecified atom stereocenters. The second-order valence-corrected chi connectivity index (χ2v) is 8.50. The fourth-order valence-electron chi connectivity index (χ4n) is 3.08. The Morgan fingerprint density at radius 3 is 2.81 bits per heavy atom.